The van der Waals surface area contributed by atoms with Gasteiger partial charge in [0, 0.05) is 41.6 Å². The summed E-state index contributed by atoms with van der Waals surface area (Å²) in [6, 6.07) is -1.05. The molecule has 400 valence electrons. The number of nitrogens with one attached hydrogen (secondary N) is 1. The Morgan fingerprint density at radius 2 is 1.25 bits per heavy atom. The molecule has 6 atom stereocenters. The lowest BCUT2D eigenvalue weighted by molar-refractivity contribution is -0.162. The Bertz CT molecular complexity index is 2560. The van der Waals surface area contributed by atoms with E-state index in [-0.39, 0.29) is 79.3 Å². The Hall–Kier alpha value is -5.81. The first-order valence-electron chi connectivity index (χ1n) is 25.4. The van der Waals surface area contributed by atoms with Gasteiger partial charge in [-0.3, -0.25) is 14.4 Å². The van der Waals surface area contributed by atoms with E-state index in [1.54, 1.807) is 13.8 Å². The molecule has 4 aliphatic heterocycles. The summed E-state index contributed by atoms with van der Waals surface area (Å²) in [5.41, 5.74) is 4.34. The number of methoxy groups -OCH3 is 1. The maximum absolute atomic E-state index is 14.4. The van der Waals surface area contributed by atoms with Crippen LogP contribution >= 0.6 is 0 Å². The summed E-state index contributed by atoms with van der Waals surface area (Å²) in [5.74, 6) is -3.62. The van der Waals surface area contributed by atoms with Gasteiger partial charge in [0.1, 0.15) is 46.3 Å². The van der Waals surface area contributed by atoms with Crippen molar-refractivity contribution in [3.8, 4) is 23.0 Å². The molecular weight excluding hydrogens is 948 g/mol. The van der Waals surface area contributed by atoms with E-state index in [4.69, 9.17) is 9.47 Å². The second kappa shape index (κ2) is 23.2. The molecule has 0 saturated carbocycles. The number of aliphatic hydroxyl groups excluding tert-OH is 2. The lowest BCUT2D eigenvalue weighted by Gasteiger charge is -2.41. The SMILES string of the molecule is COC(=O)C(CC(F)(F)F)NC(=O)[C@H](CCCN1Cc2c(cc(O)c3c2O[C@](C)(CC/C=C(\C)CCC=C(C)C)[C@@H](O)C3)C1=O)N1Cc2c(cc(O)c3c2O[C@](C)(CC/C=C(\C)CCC=C(C)C)[C@@H](O)C3)C1=O. The lowest BCUT2D eigenvalue weighted by atomic mass is 9.84. The third-order valence-corrected chi connectivity index (χ3v) is 14.8. The number of esters is 1. The molecule has 0 bridgehead atoms. The van der Waals surface area contributed by atoms with Crippen LogP contribution in [-0.2, 0) is 40.3 Å². The van der Waals surface area contributed by atoms with Gasteiger partial charge in [0.2, 0.25) is 5.91 Å². The number of phenolic OH excluding ortho intramolecular Hbond substituents is 2. The number of alkyl halides is 3. The van der Waals surface area contributed by atoms with E-state index in [1.807, 2.05) is 20.8 Å². The Kier molecular flexibility index (Phi) is 17.9. The maximum Gasteiger partial charge on any atom is 0.391 e. The van der Waals surface area contributed by atoms with Gasteiger partial charge in [-0.05, 0) is 132 Å². The number of aliphatic hydroxyl groups is 2. The summed E-state index contributed by atoms with van der Waals surface area (Å²) in [5, 5.41) is 47.3. The molecule has 6 rings (SSSR count). The van der Waals surface area contributed by atoms with Gasteiger partial charge >= 0.3 is 12.1 Å². The average Bonchev–Trinajstić information content (AvgIpc) is 3.79. The van der Waals surface area contributed by atoms with Crippen molar-refractivity contribution in [2.24, 2.45) is 0 Å². The summed E-state index contributed by atoms with van der Waals surface area (Å²) < 4.78 is 59.0. The van der Waals surface area contributed by atoms with Crippen LogP contribution in [0.1, 0.15) is 169 Å². The van der Waals surface area contributed by atoms with E-state index in [9.17, 15) is 52.8 Å². The summed E-state index contributed by atoms with van der Waals surface area (Å²) in [4.78, 5) is 58.1. The predicted octanol–water partition coefficient (Wildman–Crippen LogP) is 9.52. The number of carbonyl (C=O) groups is 4. The lowest BCUT2D eigenvalue weighted by Crippen LogP contribution is -2.53. The van der Waals surface area contributed by atoms with Gasteiger partial charge in [-0.15, -0.1) is 0 Å². The topological polar surface area (TPSA) is 195 Å². The molecule has 0 spiro atoms. The van der Waals surface area contributed by atoms with Gasteiger partial charge in [0.05, 0.1) is 50.0 Å². The number of nitrogens with zero attached hydrogens (tertiary/aromatic N) is 2. The van der Waals surface area contributed by atoms with Crippen LogP contribution in [0.5, 0.6) is 23.0 Å². The number of hydrogen-bond donors (Lipinski definition) is 5. The fraction of sp³-hybridized carbons (Fsp3) is 0.571. The van der Waals surface area contributed by atoms with E-state index < -0.39 is 71.8 Å². The van der Waals surface area contributed by atoms with Gasteiger partial charge in [-0.2, -0.15) is 13.2 Å². The molecule has 0 aromatic heterocycles. The van der Waals surface area contributed by atoms with Gasteiger partial charge in [0.15, 0.2) is 0 Å². The zero-order valence-electron chi connectivity index (χ0n) is 43.8. The Labute approximate surface area is 426 Å². The largest absolute Gasteiger partial charge is 0.508 e. The van der Waals surface area contributed by atoms with Gasteiger partial charge in [-0.25, -0.2) is 4.79 Å². The first kappa shape index (κ1) is 56.5. The highest BCUT2D eigenvalue weighted by molar-refractivity contribution is 6.03. The van der Waals surface area contributed by atoms with Crippen LogP contribution in [0, 0.1) is 0 Å². The van der Waals surface area contributed by atoms with Crippen LogP contribution in [0.15, 0.2) is 58.7 Å². The number of phenols is 2. The minimum absolute atomic E-state index is 0.0000951. The number of carbonyl (C=O) groups excluding carboxylic acids is 4. The summed E-state index contributed by atoms with van der Waals surface area (Å²) >= 11 is 0. The van der Waals surface area contributed by atoms with Crippen molar-refractivity contribution in [2.45, 2.75) is 194 Å². The minimum atomic E-state index is -4.88. The number of rotatable bonds is 21. The van der Waals surface area contributed by atoms with Gasteiger partial charge < -0.3 is 49.8 Å². The monoisotopic (exact) mass is 1020 g/mol. The van der Waals surface area contributed by atoms with Crippen molar-refractivity contribution in [2.75, 3.05) is 13.7 Å². The highest BCUT2D eigenvalue weighted by atomic mass is 19.4. The summed E-state index contributed by atoms with van der Waals surface area (Å²) in [6.07, 6.45) is 5.50. The predicted molar refractivity (Wildman–Crippen MR) is 269 cm³/mol. The quantitative estimate of drug-likeness (QED) is 0.0590. The second-order valence-electron chi connectivity index (χ2n) is 21.3. The highest BCUT2D eigenvalue weighted by Crippen LogP contribution is 2.48. The standard InChI is InChI=1S/C56H74F3N3O11/c1-32(2)15-10-17-34(5)19-12-22-54(7)46(65)27-38-44(63)25-36-40(48(38)72-54)30-61(51(36)68)24-14-21-43(50(67)60-42(53(70)71-9)29-56(57,58)59)62-31-41-37(52(62)69)26-45(64)39-28-47(66)55(8,73-49(39)41)23-13-20-35(6)18-11-16-33(3)4/h15-16,19-20,25-26,42-43,46-47,63-66H,10-14,17-18,21-24,27-31H2,1-9H3,(H,60,67)/b34-19+,35-20+/t42?,43-,46-,47-,54+,55+/m0/s1. The van der Waals surface area contributed by atoms with Crippen LogP contribution in [0.4, 0.5) is 13.2 Å². The Balaban J connectivity index is 1.22. The highest BCUT2D eigenvalue weighted by Gasteiger charge is 2.48. The molecular formula is C56H74F3N3O11. The number of hydrogen-bond acceptors (Lipinski definition) is 11. The summed E-state index contributed by atoms with van der Waals surface area (Å²) in [7, 11) is 0.892. The molecule has 3 amide bonds. The zero-order chi connectivity index (χ0) is 53.7. The van der Waals surface area contributed by atoms with Gasteiger partial charge in [-0.1, -0.05) is 46.6 Å². The van der Waals surface area contributed by atoms with Crippen LogP contribution in [0.2, 0.25) is 0 Å². The van der Waals surface area contributed by atoms with E-state index in [1.165, 1.54) is 39.3 Å². The smallest absolute Gasteiger partial charge is 0.391 e. The molecule has 73 heavy (non-hydrogen) atoms. The normalized spacial score (nSPS) is 22.3. The van der Waals surface area contributed by atoms with Crippen LogP contribution in [0.25, 0.3) is 0 Å². The Morgan fingerprint density at radius 3 is 1.71 bits per heavy atom. The molecule has 1 unspecified atom stereocenters. The van der Waals surface area contributed by atoms with Crippen molar-refractivity contribution in [3.63, 3.8) is 0 Å². The first-order chi connectivity index (χ1) is 34.2. The molecule has 0 radical (unpaired) electrons. The number of halogens is 3. The molecule has 0 aliphatic carbocycles. The molecule has 14 nitrogen and oxygen atoms in total. The van der Waals surface area contributed by atoms with Crippen molar-refractivity contribution in [3.05, 3.63) is 92.1 Å². The van der Waals surface area contributed by atoms with E-state index in [2.05, 4.69) is 55.1 Å². The number of aromatic hydroxyl groups is 2. The number of amides is 3. The van der Waals surface area contributed by atoms with Crippen molar-refractivity contribution in [1.29, 1.82) is 0 Å². The zero-order valence-corrected chi connectivity index (χ0v) is 43.8. The number of fused-ring (bicyclic) bond motifs is 6. The number of benzene rings is 2. The number of allylic oxidation sites excluding steroid dienone is 8. The molecule has 0 fully saturated rings. The van der Waals surface area contributed by atoms with Crippen LogP contribution in [-0.4, -0.2) is 109 Å². The molecule has 4 aliphatic rings. The molecule has 0 saturated heterocycles. The van der Waals surface area contributed by atoms with Crippen LogP contribution in [0.3, 0.4) is 0 Å². The van der Waals surface area contributed by atoms with Crippen molar-refractivity contribution < 1.29 is 67.0 Å². The molecule has 2 aromatic rings. The summed E-state index contributed by atoms with van der Waals surface area (Å²) in [6.45, 7) is 15.6. The maximum atomic E-state index is 14.4. The second-order valence-corrected chi connectivity index (χ2v) is 21.3. The molecule has 17 heteroatoms. The van der Waals surface area contributed by atoms with Crippen LogP contribution < -0.4 is 14.8 Å². The van der Waals surface area contributed by atoms with Crippen molar-refractivity contribution >= 4 is 23.7 Å². The molecule has 2 aromatic carbocycles. The fourth-order valence-corrected chi connectivity index (χ4v) is 10.2. The van der Waals surface area contributed by atoms with E-state index in [0.29, 0.717) is 48.1 Å². The van der Waals surface area contributed by atoms with Crippen molar-refractivity contribution in [1.82, 2.24) is 15.1 Å². The van der Waals surface area contributed by atoms with E-state index >= 15 is 0 Å². The average molecular weight is 1020 g/mol. The third-order valence-electron chi connectivity index (χ3n) is 14.8. The first-order valence-corrected chi connectivity index (χ1v) is 25.4. The fourth-order valence-electron chi connectivity index (χ4n) is 10.2. The number of ether oxygens (including phenoxy) is 3. The third kappa shape index (κ3) is 13.3. The Morgan fingerprint density at radius 1 is 0.767 bits per heavy atom. The molecule has 4 heterocycles. The molecule has 5 N–H and O–H groups in total. The van der Waals surface area contributed by atoms with Gasteiger partial charge in [0.25, 0.3) is 11.8 Å². The minimum Gasteiger partial charge on any atom is -0.508 e. The van der Waals surface area contributed by atoms with E-state index in [0.717, 1.165) is 37.7 Å².